The first-order valence-electron chi connectivity index (χ1n) is 4.34. The maximum atomic E-state index is 10.9. The molecular weight excluding hydrogens is 156 g/mol. The van der Waals surface area contributed by atoms with Crippen molar-refractivity contribution in [2.75, 3.05) is 0 Å². The molecule has 66 valence electrons. The molecule has 0 spiro atoms. The lowest BCUT2D eigenvalue weighted by Crippen LogP contribution is -2.14. The lowest BCUT2D eigenvalue weighted by molar-refractivity contribution is -0.142. The molecule has 1 N–H and O–H groups in total. The molecule has 0 aliphatic heterocycles. The monoisotopic (exact) mass is 168 g/mol. The summed E-state index contributed by atoms with van der Waals surface area (Å²) in [5, 5.41) is 8.69. The number of carboxylic acids is 1. The molecule has 0 saturated heterocycles. The fourth-order valence-electron chi connectivity index (χ4n) is 2.65. The molecule has 2 aliphatic rings. The number of rotatable bonds is 2. The number of Topliss-reactive ketones (excluding diaryl/α,β-unsaturated/α-hetero) is 1. The SMILES string of the molecule is CC(=O)[C@H]1[C@@H]2C[C@@H](C(=O)O)C[C@@H]21. The summed E-state index contributed by atoms with van der Waals surface area (Å²) in [5.74, 6) is 0.404. The molecule has 3 heteroatoms. The van der Waals surface area contributed by atoms with Gasteiger partial charge in [0.25, 0.3) is 0 Å². The summed E-state index contributed by atoms with van der Waals surface area (Å²) in [6.07, 6.45) is 1.45. The van der Waals surface area contributed by atoms with Crippen molar-refractivity contribution in [1.29, 1.82) is 0 Å². The maximum absolute atomic E-state index is 10.9. The molecule has 12 heavy (non-hydrogen) atoms. The van der Waals surface area contributed by atoms with Gasteiger partial charge in [0, 0.05) is 5.92 Å². The average Bonchev–Trinajstić information content (AvgIpc) is 2.48. The Labute approximate surface area is 70.8 Å². The highest BCUT2D eigenvalue weighted by molar-refractivity contribution is 5.83. The molecule has 4 atom stereocenters. The van der Waals surface area contributed by atoms with E-state index in [1.54, 1.807) is 6.92 Å². The van der Waals surface area contributed by atoms with Crippen LogP contribution in [0.1, 0.15) is 19.8 Å². The maximum Gasteiger partial charge on any atom is 0.306 e. The Morgan fingerprint density at radius 3 is 2.08 bits per heavy atom. The summed E-state index contributed by atoms with van der Waals surface area (Å²) >= 11 is 0. The van der Waals surface area contributed by atoms with Crippen LogP contribution < -0.4 is 0 Å². The van der Waals surface area contributed by atoms with Gasteiger partial charge in [-0.3, -0.25) is 9.59 Å². The van der Waals surface area contributed by atoms with E-state index in [1.165, 1.54) is 0 Å². The van der Waals surface area contributed by atoms with Crippen LogP contribution in [0.3, 0.4) is 0 Å². The summed E-state index contributed by atoms with van der Waals surface area (Å²) in [6.45, 7) is 1.61. The smallest absolute Gasteiger partial charge is 0.306 e. The van der Waals surface area contributed by atoms with E-state index in [2.05, 4.69) is 0 Å². The number of ketones is 1. The Kier molecular flexibility index (Phi) is 1.50. The van der Waals surface area contributed by atoms with E-state index in [0.717, 1.165) is 12.8 Å². The van der Waals surface area contributed by atoms with Gasteiger partial charge in [0.1, 0.15) is 5.78 Å². The molecular formula is C9H12O3. The molecule has 0 aromatic carbocycles. The van der Waals surface area contributed by atoms with Crippen molar-refractivity contribution in [3.8, 4) is 0 Å². The van der Waals surface area contributed by atoms with Crippen LogP contribution in [0.2, 0.25) is 0 Å². The first kappa shape index (κ1) is 7.77. The van der Waals surface area contributed by atoms with E-state index in [9.17, 15) is 9.59 Å². The van der Waals surface area contributed by atoms with Crippen molar-refractivity contribution in [1.82, 2.24) is 0 Å². The summed E-state index contributed by atoms with van der Waals surface area (Å²) in [4.78, 5) is 21.5. The van der Waals surface area contributed by atoms with E-state index < -0.39 is 5.97 Å². The van der Waals surface area contributed by atoms with Crippen LogP contribution >= 0.6 is 0 Å². The summed E-state index contributed by atoms with van der Waals surface area (Å²) in [5.41, 5.74) is 0. The number of hydrogen-bond acceptors (Lipinski definition) is 2. The fourth-order valence-corrected chi connectivity index (χ4v) is 2.65. The van der Waals surface area contributed by atoms with E-state index in [0.29, 0.717) is 11.8 Å². The van der Waals surface area contributed by atoms with Crippen molar-refractivity contribution in [2.45, 2.75) is 19.8 Å². The molecule has 2 aliphatic carbocycles. The fraction of sp³-hybridized carbons (Fsp3) is 0.778. The highest BCUT2D eigenvalue weighted by Crippen LogP contribution is 2.59. The average molecular weight is 168 g/mol. The number of hydrogen-bond donors (Lipinski definition) is 1. The number of carbonyl (C=O) groups excluding carboxylic acids is 1. The van der Waals surface area contributed by atoms with Gasteiger partial charge in [-0.25, -0.2) is 0 Å². The molecule has 0 amide bonds. The highest BCUT2D eigenvalue weighted by Gasteiger charge is 2.59. The Balaban J connectivity index is 1.94. The topological polar surface area (TPSA) is 54.4 Å². The van der Waals surface area contributed by atoms with Crippen LogP contribution in [0.4, 0.5) is 0 Å². The van der Waals surface area contributed by atoms with Crippen LogP contribution in [0.25, 0.3) is 0 Å². The van der Waals surface area contributed by atoms with E-state index in [4.69, 9.17) is 5.11 Å². The zero-order valence-electron chi connectivity index (χ0n) is 6.99. The van der Waals surface area contributed by atoms with Gasteiger partial charge in [-0.1, -0.05) is 0 Å². The third kappa shape index (κ3) is 0.958. The van der Waals surface area contributed by atoms with Crippen molar-refractivity contribution in [3.63, 3.8) is 0 Å². The normalized spacial score (nSPS) is 43.8. The molecule has 0 bridgehead atoms. The molecule has 0 aromatic rings. The lowest BCUT2D eigenvalue weighted by atomic mass is 9.99. The molecule has 0 heterocycles. The summed E-state index contributed by atoms with van der Waals surface area (Å²) < 4.78 is 0. The second-order valence-electron chi connectivity index (χ2n) is 3.97. The lowest BCUT2D eigenvalue weighted by Gasteiger charge is -2.06. The number of carboxylic acid groups (broad SMARTS) is 1. The van der Waals surface area contributed by atoms with Crippen molar-refractivity contribution < 1.29 is 14.7 Å². The largest absolute Gasteiger partial charge is 0.481 e. The third-order valence-corrected chi connectivity index (χ3v) is 3.26. The molecule has 2 saturated carbocycles. The van der Waals surface area contributed by atoms with E-state index >= 15 is 0 Å². The highest BCUT2D eigenvalue weighted by atomic mass is 16.4. The first-order valence-corrected chi connectivity index (χ1v) is 4.34. The molecule has 0 radical (unpaired) electrons. The second-order valence-corrected chi connectivity index (χ2v) is 3.97. The zero-order chi connectivity index (χ0) is 8.88. The van der Waals surface area contributed by atoms with E-state index in [1.807, 2.05) is 0 Å². The van der Waals surface area contributed by atoms with Crippen LogP contribution in [-0.2, 0) is 9.59 Å². The minimum Gasteiger partial charge on any atom is -0.481 e. The number of carbonyl (C=O) groups is 2. The molecule has 0 unspecified atom stereocenters. The minimum absolute atomic E-state index is 0.171. The first-order chi connectivity index (χ1) is 5.61. The molecule has 3 nitrogen and oxygen atoms in total. The van der Waals surface area contributed by atoms with Crippen LogP contribution in [-0.4, -0.2) is 16.9 Å². The van der Waals surface area contributed by atoms with Crippen LogP contribution in [0.5, 0.6) is 0 Å². The summed E-state index contributed by atoms with van der Waals surface area (Å²) in [6, 6.07) is 0. The Hall–Kier alpha value is -0.860. The zero-order valence-corrected chi connectivity index (χ0v) is 6.99. The number of fused-ring (bicyclic) bond motifs is 1. The van der Waals surface area contributed by atoms with Crippen molar-refractivity contribution in [3.05, 3.63) is 0 Å². The quantitative estimate of drug-likeness (QED) is 0.667. The van der Waals surface area contributed by atoms with Gasteiger partial charge >= 0.3 is 5.97 Å². The molecule has 2 rings (SSSR count). The van der Waals surface area contributed by atoms with Gasteiger partial charge in [-0.05, 0) is 31.6 Å². The van der Waals surface area contributed by atoms with Crippen molar-refractivity contribution in [2.24, 2.45) is 23.7 Å². The van der Waals surface area contributed by atoms with Gasteiger partial charge in [-0.15, -0.1) is 0 Å². The standard InChI is InChI=1S/C9H12O3/c1-4(10)8-6-2-5(9(11)12)3-7(6)8/h5-8H,2-3H2,1H3,(H,11,12)/t5-,6-,7+,8+. The van der Waals surface area contributed by atoms with Crippen LogP contribution in [0, 0.1) is 23.7 Å². The van der Waals surface area contributed by atoms with E-state index in [-0.39, 0.29) is 17.6 Å². The van der Waals surface area contributed by atoms with Crippen LogP contribution in [0.15, 0.2) is 0 Å². The predicted molar refractivity (Wildman–Crippen MR) is 41.5 cm³/mol. The molecule has 2 fully saturated rings. The Bertz CT molecular complexity index is 222. The van der Waals surface area contributed by atoms with Gasteiger partial charge < -0.3 is 5.11 Å². The third-order valence-electron chi connectivity index (χ3n) is 3.26. The van der Waals surface area contributed by atoms with Gasteiger partial charge in [0.05, 0.1) is 5.92 Å². The Morgan fingerprint density at radius 1 is 1.25 bits per heavy atom. The Morgan fingerprint density at radius 2 is 1.75 bits per heavy atom. The van der Waals surface area contributed by atoms with Gasteiger partial charge in [0.15, 0.2) is 0 Å². The second kappa shape index (κ2) is 2.31. The van der Waals surface area contributed by atoms with Gasteiger partial charge in [0.2, 0.25) is 0 Å². The van der Waals surface area contributed by atoms with Gasteiger partial charge in [-0.2, -0.15) is 0 Å². The predicted octanol–water partition coefficient (Wildman–Crippen LogP) is 0.932. The van der Waals surface area contributed by atoms with Crippen molar-refractivity contribution >= 4 is 11.8 Å². The summed E-state index contributed by atoms with van der Waals surface area (Å²) in [7, 11) is 0. The number of aliphatic carboxylic acids is 1. The molecule has 0 aromatic heterocycles. The minimum atomic E-state index is -0.690.